The van der Waals surface area contributed by atoms with Crippen molar-refractivity contribution in [2.45, 2.75) is 52.7 Å². The van der Waals surface area contributed by atoms with Crippen LogP contribution in [0.3, 0.4) is 0 Å². The number of hydrogen-bond acceptors (Lipinski definition) is 5. The molecule has 5 heteroatoms. The maximum atomic E-state index is 12.7. The van der Waals surface area contributed by atoms with Gasteiger partial charge in [-0.25, -0.2) is 0 Å². The van der Waals surface area contributed by atoms with Crippen molar-refractivity contribution in [3.8, 4) is 23.0 Å². The van der Waals surface area contributed by atoms with Crippen LogP contribution >= 0.6 is 0 Å². The van der Waals surface area contributed by atoms with Gasteiger partial charge < -0.3 is 19.7 Å². The maximum Gasteiger partial charge on any atom is 0.201 e. The topological polar surface area (TPSA) is 76.0 Å². The summed E-state index contributed by atoms with van der Waals surface area (Å²) in [5.41, 5.74) is -0.490. The molecule has 0 aliphatic carbocycles. The lowest BCUT2D eigenvalue weighted by molar-refractivity contribution is 0.103. The summed E-state index contributed by atoms with van der Waals surface area (Å²) in [6.07, 6.45) is 0. The molecule has 0 aromatic heterocycles. The van der Waals surface area contributed by atoms with Gasteiger partial charge in [0.1, 0.15) is 17.0 Å². The number of ketones is 1. The van der Waals surface area contributed by atoms with Crippen molar-refractivity contribution in [3.63, 3.8) is 0 Å². The number of phenols is 2. The minimum atomic E-state index is -0.543. The molecule has 0 heterocycles. The number of hydrogen-bond donors (Lipinski definition) is 2. The average molecular weight is 358 g/mol. The summed E-state index contributed by atoms with van der Waals surface area (Å²) in [6, 6.07) is 9.57. The van der Waals surface area contributed by atoms with Crippen molar-refractivity contribution in [2.75, 3.05) is 0 Å². The Morgan fingerprint density at radius 1 is 0.769 bits per heavy atom. The van der Waals surface area contributed by atoms with Gasteiger partial charge in [0.25, 0.3) is 0 Å². The van der Waals surface area contributed by atoms with E-state index in [1.54, 1.807) is 24.3 Å². The first-order valence-corrected chi connectivity index (χ1v) is 8.45. The lowest BCUT2D eigenvalue weighted by atomic mass is 10.0. The summed E-state index contributed by atoms with van der Waals surface area (Å²) in [5, 5.41) is 20.4. The van der Waals surface area contributed by atoms with Crippen LogP contribution in [0.4, 0.5) is 0 Å². The molecular weight excluding hydrogens is 332 g/mol. The molecule has 0 aliphatic rings. The van der Waals surface area contributed by atoms with Crippen LogP contribution < -0.4 is 9.47 Å². The van der Waals surface area contributed by atoms with E-state index in [2.05, 4.69) is 0 Å². The molecule has 0 bridgehead atoms. The minimum Gasteiger partial charge on any atom is -0.504 e. The number of aromatic hydroxyl groups is 2. The number of carbonyl (C=O) groups is 1. The monoisotopic (exact) mass is 358 g/mol. The SMILES string of the molecule is CC(C)(C)Oc1ccc(C(=O)c2ccc(OC(C)(C)C)c(O)c2O)cc1. The first kappa shape index (κ1) is 19.6. The Balaban J connectivity index is 2.28. The zero-order valence-electron chi connectivity index (χ0n) is 16.1. The van der Waals surface area contributed by atoms with E-state index in [1.807, 2.05) is 41.5 Å². The molecule has 2 rings (SSSR count). The average Bonchev–Trinajstić information content (AvgIpc) is 2.49. The largest absolute Gasteiger partial charge is 0.504 e. The molecule has 0 spiro atoms. The Kier molecular flexibility index (Phi) is 5.21. The van der Waals surface area contributed by atoms with Crippen LogP contribution in [0.25, 0.3) is 0 Å². The summed E-state index contributed by atoms with van der Waals surface area (Å²) in [4.78, 5) is 12.7. The zero-order valence-corrected chi connectivity index (χ0v) is 16.1. The highest BCUT2D eigenvalue weighted by atomic mass is 16.5. The van der Waals surface area contributed by atoms with Crippen LogP contribution in [0.1, 0.15) is 57.5 Å². The van der Waals surface area contributed by atoms with Crippen LogP contribution in [-0.4, -0.2) is 27.2 Å². The third kappa shape index (κ3) is 4.91. The first-order valence-electron chi connectivity index (χ1n) is 8.45. The molecule has 5 nitrogen and oxygen atoms in total. The second-order valence-electron chi connectivity index (χ2n) is 8.09. The van der Waals surface area contributed by atoms with Crippen LogP contribution in [0.5, 0.6) is 23.0 Å². The van der Waals surface area contributed by atoms with Gasteiger partial charge in [-0.2, -0.15) is 0 Å². The highest BCUT2D eigenvalue weighted by Gasteiger charge is 2.22. The fourth-order valence-electron chi connectivity index (χ4n) is 2.34. The molecule has 0 radical (unpaired) electrons. The Hall–Kier alpha value is -2.69. The van der Waals surface area contributed by atoms with E-state index in [9.17, 15) is 15.0 Å². The van der Waals surface area contributed by atoms with Gasteiger partial charge in [-0.3, -0.25) is 4.79 Å². The molecule has 2 aromatic carbocycles. The molecule has 0 unspecified atom stereocenters. The van der Waals surface area contributed by atoms with E-state index < -0.39 is 22.9 Å². The summed E-state index contributed by atoms with van der Waals surface area (Å²) in [6.45, 7) is 11.3. The third-order valence-corrected chi connectivity index (χ3v) is 3.32. The fraction of sp³-hybridized carbons (Fsp3) is 0.381. The van der Waals surface area contributed by atoms with Gasteiger partial charge in [0.2, 0.25) is 5.75 Å². The second kappa shape index (κ2) is 6.90. The van der Waals surface area contributed by atoms with Crippen molar-refractivity contribution in [3.05, 3.63) is 47.5 Å². The lowest BCUT2D eigenvalue weighted by Crippen LogP contribution is -2.23. The highest BCUT2D eigenvalue weighted by Crippen LogP contribution is 2.40. The Morgan fingerprint density at radius 2 is 1.31 bits per heavy atom. The molecule has 0 amide bonds. The number of benzene rings is 2. The molecule has 2 aromatic rings. The van der Waals surface area contributed by atoms with Gasteiger partial charge in [0, 0.05) is 5.56 Å². The van der Waals surface area contributed by atoms with Crippen LogP contribution in [0.15, 0.2) is 36.4 Å². The molecule has 26 heavy (non-hydrogen) atoms. The molecule has 0 aliphatic heterocycles. The van der Waals surface area contributed by atoms with Crippen molar-refractivity contribution in [1.82, 2.24) is 0 Å². The smallest absolute Gasteiger partial charge is 0.201 e. The van der Waals surface area contributed by atoms with Crippen molar-refractivity contribution in [2.24, 2.45) is 0 Å². The number of rotatable bonds is 4. The van der Waals surface area contributed by atoms with Gasteiger partial charge in [0.05, 0.1) is 5.56 Å². The second-order valence-corrected chi connectivity index (χ2v) is 8.09. The van der Waals surface area contributed by atoms with Crippen LogP contribution in [-0.2, 0) is 0 Å². The van der Waals surface area contributed by atoms with Gasteiger partial charge in [-0.15, -0.1) is 0 Å². The van der Waals surface area contributed by atoms with E-state index in [0.717, 1.165) is 0 Å². The lowest BCUT2D eigenvalue weighted by Gasteiger charge is -2.22. The molecular formula is C21H26O5. The van der Waals surface area contributed by atoms with E-state index in [0.29, 0.717) is 11.3 Å². The zero-order chi connectivity index (χ0) is 19.7. The molecule has 2 N–H and O–H groups in total. The van der Waals surface area contributed by atoms with Crippen molar-refractivity contribution in [1.29, 1.82) is 0 Å². The maximum absolute atomic E-state index is 12.7. The number of carbonyl (C=O) groups excluding carboxylic acids is 1. The molecule has 0 saturated carbocycles. The molecule has 0 saturated heterocycles. The number of ether oxygens (including phenoxy) is 2. The van der Waals surface area contributed by atoms with Crippen LogP contribution in [0, 0.1) is 0 Å². The van der Waals surface area contributed by atoms with E-state index in [4.69, 9.17) is 9.47 Å². The van der Waals surface area contributed by atoms with Crippen LogP contribution in [0.2, 0.25) is 0 Å². The minimum absolute atomic E-state index is 0.00764. The quantitative estimate of drug-likeness (QED) is 0.613. The summed E-state index contributed by atoms with van der Waals surface area (Å²) in [5.74, 6) is -0.567. The molecule has 140 valence electrons. The van der Waals surface area contributed by atoms with Crippen molar-refractivity contribution >= 4 is 5.78 Å². The Morgan fingerprint density at radius 3 is 1.81 bits per heavy atom. The number of phenolic OH excluding ortho intramolecular Hbond substituents is 2. The third-order valence-electron chi connectivity index (χ3n) is 3.32. The van der Waals surface area contributed by atoms with Gasteiger partial charge in [-0.05, 0) is 77.9 Å². The highest BCUT2D eigenvalue weighted by molar-refractivity contribution is 6.11. The van der Waals surface area contributed by atoms with E-state index >= 15 is 0 Å². The van der Waals surface area contributed by atoms with Gasteiger partial charge in [0.15, 0.2) is 17.3 Å². The van der Waals surface area contributed by atoms with E-state index in [1.165, 1.54) is 12.1 Å². The molecule has 0 atom stereocenters. The Labute approximate surface area is 154 Å². The van der Waals surface area contributed by atoms with E-state index in [-0.39, 0.29) is 16.9 Å². The van der Waals surface area contributed by atoms with Crippen molar-refractivity contribution < 1.29 is 24.5 Å². The Bertz CT molecular complexity index is 793. The predicted octanol–water partition coefficient (Wildman–Crippen LogP) is 4.68. The fourth-order valence-corrected chi connectivity index (χ4v) is 2.34. The first-order chi connectivity index (χ1) is 11.9. The predicted molar refractivity (Wildman–Crippen MR) is 100 cm³/mol. The molecule has 0 fully saturated rings. The normalized spacial score (nSPS) is 11.9. The van der Waals surface area contributed by atoms with Gasteiger partial charge in [-0.1, -0.05) is 0 Å². The summed E-state index contributed by atoms with van der Waals surface area (Å²) >= 11 is 0. The standard InChI is InChI=1S/C21H26O5/c1-20(2,3)25-14-9-7-13(8-10-14)17(22)15-11-12-16(19(24)18(15)23)26-21(4,5)6/h7-12,23-24H,1-6H3. The van der Waals surface area contributed by atoms with Gasteiger partial charge >= 0.3 is 0 Å². The summed E-state index contributed by atoms with van der Waals surface area (Å²) in [7, 11) is 0. The summed E-state index contributed by atoms with van der Waals surface area (Å²) < 4.78 is 11.3.